The van der Waals surface area contributed by atoms with E-state index < -0.39 is 5.97 Å². The second-order valence-corrected chi connectivity index (χ2v) is 8.20. The quantitative estimate of drug-likeness (QED) is 0.538. The van der Waals surface area contributed by atoms with E-state index in [2.05, 4.69) is 55.7 Å². The number of thiophene rings is 1. The van der Waals surface area contributed by atoms with Crippen LogP contribution >= 0.6 is 11.3 Å². The number of nitrogens with two attached hydrogens (primary N) is 1. The van der Waals surface area contributed by atoms with Gasteiger partial charge in [0.2, 0.25) is 0 Å². The third-order valence-electron chi connectivity index (χ3n) is 4.86. The van der Waals surface area contributed by atoms with Crippen molar-refractivity contribution in [2.24, 2.45) is 5.92 Å². The lowest BCUT2D eigenvalue weighted by molar-refractivity contribution is 0.0526. The number of carbonyl (C=O) groups is 2. The molecule has 4 N–H and O–H groups in total. The molecular formula is C22H31N3O3S. The highest BCUT2D eigenvalue weighted by Gasteiger charge is 2.27. The summed E-state index contributed by atoms with van der Waals surface area (Å²) in [6, 6.07) is 8.59. The van der Waals surface area contributed by atoms with E-state index in [1.807, 2.05) is 0 Å². The molecule has 1 atom stereocenters. The molecule has 0 aliphatic carbocycles. The fourth-order valence-electron chi connectivity index (χ4n) is 3.29. The molecule has 0 saturated carbocycles. The first-order valence-electron chi connectivity index (χ1n) is 9.96. The molecule has 29 heavy (non-hydrogen) atoms. The molecule has 0 aliphatic heterocycles. The number of nitrogens with one attached hydrogen (secondary N) is 2. The van der Waals surface area contributed by atoms with Gasteiger partial charge in [0.25, 0.3) is 5.91 Å². The average molecular weight is 418 g/mol. The maximum atomic E-state index is 12.5. The Kier molecular flexibility index (Phi) is 8.22. The molecule has 0 saturated heterocycles. The summed E-state index contributed by atoms with van der Waals surface area (Å²) in [5, 5.41) is 6.44. The third-order valence-corrected chi connectivity index (χ3v) is 5.92. The molecule has 2 aromatic rings. The van der Waals surface area contributed by atoms with Gasteiger partial charge in [0.15, 0.2) is 0 Å². The Morgan fingerprint density at radius 1 is 1.17 bits per heavy atom. The van der Waals surface area contributed by atoms with Gasteiger partial charge in [-0.2, -0.15) is 0 Å². The van der Waals surface area contributed by atoms with Crippen LogP contribution in [-0.2, 0) is 17.7 Å². The van der Waals surface area contributed by atoms with Gasteiger partial charge in [-0.05, 0) is 30.4 Å². The molecule has 0 radical (unpaired) electrons. The summed E-state index contributed by atoms with van der Waals surface area (Å²) in [6.45, 7) is 8.73. The minimum Gasteiger partial charge on any atom is -0.462 e. The van der Waals surface area contributed by atoms with Crippen molar-refractivity contribution in [3.63, 3.8) is 0 Å². The number of esters is 1. The number of benzene rings is 1. The molecule has 1 heterocycles. The van der Waals surface area contributed by atoms with Crippen LogP contribution in [0.2, 0.25) is 0 Å². The van der Waals surface area contributed by atoms with Crippen LogP contribution in [0, 0.1) is 5.92 Å². The number of hydrogen-bond donors (Lipinski definition) is 3. The van der Waals surface area contributed by atoms with Crippen LogP contribution in [0.25, 0.3) is 0 Å². The predicted octanol–water partition coefficient (Wildman–Crippen LogP) is 3.92. The Morgan fingerprint density at radius 3 is 2.34 bits per heavy atom. The van der Waals surface area contributed by atoms with Gasteiger partial charge < -0.3 is 21.1 Å². The first kappa shape index (κ1) is 22.9. The lowest BCUT2D eigenvalue weighted by atomic mass is 9.94. The first-order chi connectivity index (χ1) is 13.8. The van der Waals surface area contributed by atoms with E-state index in [0.29, 0.717) is 27.9 Å². The van der Waals surface area contributed by atoms with Crippen molar-refractivity contribution < 1.29 is 14.3 Å². The van der Waals surface area contributed by atoms with E-state index in [-0.39, 0.29) is 24.1 Å². The summed E-state index contributed by atoms with van der Waals surface area (Å²) in [4.78, 5) is 25.3. The van der Waals surface area contributed by atoms with Gasteiger partial charge in [0.1, 0.15) is 5.00 Å². The number of amides is 1. The lowest BCUT2D eigenvalue weighted by Crippen LogP contribution is -2.28. The summed E-state index contributed by atoms with van der Waals surface area (Å²) in [5.74, 6) is -0.447. The van der Waals surface area contributed by atoms with Gasteiger partial charge in [-0.3, -0.25) is 4.79 Å². The van der Waals surface area contributed by atoms with E-state index in [9.17, 15) is 9.59 Å². The Morgan fingerprint density at radius 2 is 1.83 bits per heavy atom. The maximum absolute atomic E-state index is 12.5. The minimum absolute atomic E-state index is 0.0645. The number of ether oxygens (including phenoxy) is 1. The monoisotopic (exact) mass is 417 g/mol. The van der Waals surface area contributed by atoms with Crippen molar-refractivity contribution in [2.75, 3.05) is 19.4 Å². The van der Waals surface area contributed by atoms with Crippen molar-refractivity contribution >= 4 is 28.2 Å². The van der Waals surface area contributed by atoms with Crippen LogP contribution in [0.1, 0.15) is 70.5 Å². The molecule has 1 aromatic carbocycles. The molecule has 7 heteroatoms. The van der Waals surface area contributed by atoms with Crippen molar-refractivity contribution in [3.05, 3.63) is 51.4 Å². The summed E-state index contributed by atoms with van der Waals surface area (Å²) in [7, 11) is 1.56. The third kappa shape index (κ3) is 5.36. The van der Waals surface area contributed by atoms with Crippen molar-refractivity contribution in [3.8, 4) is 0 Å². The van der Waals surface area contributed by atoms with Crippen LogP contribution < -0.4 is 16.4 Å². The van der Waals surface area contributed by atoms with Gasteiger partial charge in [-0.25, -0.2) is 4.79 Å². The summed E-state index contributed by atoms with van der Waals surface area (Å²) in [5.41, 5.74) is 9.41. The maximum Gasteiger partial charge on any atom is 0.341 e. The molecule has 2 rings (SSSR count). The zero-order valence-electron chi connectivity index (χ0n) is 17.8. The smallest absolute Gasteiger partial charge is 0.341 e. The highest BCUT2D eigenvalue weighted by atomic mass is 32.1. The van der Waals surface area contributed by atoms with Gasteiger partial charge in [-0.1, -0.05) is 45.0 Å². The second kappa shape index (κ2) is 10.4. The number of rotatable bonds is 9. The van der Waals surface area contributed by atoms with E-state index in [1.54, 1.807) is 14.0 Å². The molecule has 0 spiro atoms. The van der Waals surface area contributed by atoms with Gasteiger partial charge in [0, 0.05) is 25.2 Å². The molecule has 1 amide bonds. The van der Waals surface area contributed by atoms with Crippen LogP contribution in [-0.4, -0.2) is 25.5 Å². The van der Waals surface area contributed by atoms with Crippen LogP contribution in [0.4, 0.5) is 5.00 Å². The first-order valence-corrected chi connectivity index (χ1v) is 10.8. The molecule has 1 aromatic heterocycles. The number of anilines is 1. The summed E-state index contributed by atoms with van der Waals surface area (Å²) in [6.07, 6.45) is 0.993. The molecule has 158 valence electrons. The largest absolute Gasteiger partial charge is 0.462 e. The molecule has 0 fully saturated rings. The fraction of sp³-hybridized carbons (Fsp3) is 0.455. The molecule has 0 bridgehead atoms. The Hall–Kier alpha value is -2.38. The highest BCUT2D eigenvalue weighted by molar-refractivity contribution is 7.18. The van der Waals surface area contributed by atoms with Gasteiger partial charge in [0.05, 0.1) is 17.0 Å². The summed E-state index contributed by atoms with van der Waals surface area (Å²) >= 11 is 1.11. The lowest BCUT2D eigenvalue weighted by Gasteiger charge is -2.24. The Labute approximate surface area is 176 Å². The summed E-state index contributed by atoms with van der Waals surface area (Å²) < 4.78 is 5.17. The Balaban J connectivity index is 2.36. The normalized spacial score (nSPS) is 12.1. The molecule has 6 nitrogen and oxygen atoms in total. The van der Waals surface area contributed by atoms with Gasteiger partial charge in [-0.15, -0.1) is 11.3 Å². The zero-order chi connectivity index (χ0) is 21.6. The van der Waals surface area contributed by atoms with Crippen molar-refractivity contribution in [2.45, 2.75) is 46.7 Å². The predicted molar refractivity (Wildman–Crippen MR) is 118 cm³/mol. The van der Waals surface area contributed by atoms with Crippen LogP contribution in [0.15, 0.2) is 24.3 Å². The van der Waals surface area contributed by atoms with E-state index in [1.165, 1.54) is 11.1 Å². The minimum atomic E-state index is -0.499. The van der Waals surface area contributed by atoms with E-state index >= 15 is 0 Å². The number of hydrogen-bond acceptors (Lipinski definition) is 6. The van der Waals surface area contributed by atoms with Crippen LogP contribution in [0.3, 0.4) is 0 Å². The molecule has 0 unspecified atom stereocenters. The number of carbonyl (C=O) groups excluding carboxylic acids is 2. The second-order valence-electron chi connectivity index (χ2n) is 7.15. The highest BCUT2D eigenvalue weighted by Crippen LogP contribution is 2.33. The van der Waals surface area contributed by atoms with Crippen molar-refractivity contribution in [1.82, 2.24) is 10.6 Å². The Bertz CT molecular complexity index is 844. The number of aryl methyl sites for hydroxylation is 1. The van der Waals surface area contributed by atoms with Gasteiger partial charge >= 0.3 is 5.97 Å². The standard InChI is InChI=1S/C22H31N3O3S/c1-6-14-8-10-15(11-9-14)18(13(3)4)25-12-16-17(22(27)28-7-2)20(23)29-19(16)21(26)24-5/h8-11,13,18,25H,6-7,12,23H2,1-5H3,(H,24,26)/t18-/m1/s1. The van der Waals surface area contributed by atoms with E-state index in [0.717, 1.165) is 17.8 Å². The fourth-order valence-corrected chi connectivity index (χ4v) is 4.31. The van der Waals surface area contributed by atoms with E-state index in [4.69, 9.17) is 10.5 Å². The van der Waals surface area contributed by atoms with Crippen molar-refractivity contribution in [1.29, 1.82) is 0 Å². The molecule has 0 aliphatic rings. The topological polar surface area (TPSA) is 93.5 Å². The average Bonchev–Trinajstić information content (AvgIpc) is 3.04. The SMILES string of the molecule is CCOC(=O)c1c(N)sc(C(=O)NC)c1CN[C@@H](c1ccc(CC)cc1)C(C)C. The molecular weight excluding hydrogens is 386 g/mol. The van der Waals surface area contributed by atoms with Crippen LogP contribution in [0.5, 0.6) is 0 Å². The number of nitrogen functional groups attached to an aromatic ring is 1. The zero-order valence-corrected chi connectivity index (χ0v) is 18.6.